The van der Waals surface area contributed by atoms with E-state index in [0.29, 0.717) is 46.2 Å². The van der Waals surface area contributed by atoms with Crippen molar-refractivity contribution < 1.29 is 28.9 Å². The third kappa shape index (κ3) is 10.0. The molecule has 0 aliphatic carbocycles. The molecular formula is C25H42N2O6. The molecule has 2 saturated heterocycles. The largest absolute Gasteiger partial charge is 0.494 e. The first kappa shape index (κ1) is 28.7. The average Bonchev–Trinajstić information content (AvgIpc) is 3.30. The smallest absolute Gasteiger partial charge is 0.407 e. The van der Waals surface area contributed by atoms with E-state index in [-0.39, 0.29) is 17.9 Å². The first-order chi connectivity index (χ1) is 16.0. The topological polar surface area (TPSA) is 88.5 Å². The molecule has 0 aromatic heterocycles. The van der Waals surface area contributed by atoms with Crippen molar-refractivity contribution in [3.8, 4) is 5.75 Å². The third-order valence-electron chi connectivity index (χ3n) is 5.40. The van der Waals surface area contributed by atoms with E-state index in [1.165, 1.54) is 10.5 Å². The van der Waals surface area contributed by atoms with Crippen LogP contribution < -0.4 is 4.74 Å². The fourth-order valence-corrected chi connectivity index (χ4v) is 3.65. The summed E-state index contributed by atoms with van der Waals surface area (Å²) in [6.07, 6.45) is 1.95. The molecular weight excluding hydrogens is 424 g/mol. The van der Waals surface area contributed by atoms with Crippen molar-refractivity contribution in [2.45, 2.75) is 59.9 Å². The van der Waals surface area contributed by atoms with E-state index in [0.717, 1.165) is 25.0 Å². The first-order valence-electron chi connectivity index (χ1n) is 12.1. The lowest BCUT2D eigenvalue weighted by atomic mass is 10.0. The Bertz CT molecular complexity index is 676. The quantitative estimate of drug-likeness (QED) is 0.646. The van der Waals surface area contributed by atoms with Crippen molar-refractivity contribution >= 4 is 12.0 Å². The molecule has 1 aromatic rings. The molecule has 33 heavy (non-hydrogen) atoms. The molecule has 2 aliphatic heterocycles. The van der Waals surface area contributed by atoms with Crippen LogP contribution in [0.3, 0.4) is 0 Å². The summed E-state index contributed by atoms with van der Waals surface area (Å²) in [5.74, 6) is 1.18. The Morgan fingerprint density at radius 1 is 1.12 bits per heavy atom. The van der Waals surface area contributed by atoms with Crippen LogP contribution in [0.4, 0.5) is 4.79 Å². The number of morpholine rings is 1. The van der Waals surface area contributed by atoms with Crippen LogP contribution in [0.2, 0.25) is 0 Å². The minimum absolute atomic E-state index is 0.0783. The van der Waals surface area contributed by atoms with Crippen LogP contribution in [0.1, 0.15) is 53.0 Å². The zero-order valence-corrected chi connectivity index (χ0v) is 20.9. The molecule has 0 saturated carbocycles. The highest BCUT2D eigenvalue weighted by atomic mass is 16.5. The highest BCUT2D eigenvalue weighted by molar-refractivity contribution is 5.79. The summed E-state index contributed by atoms with van der Waals surface area (Å²) >= 11 is 0. The Morgan fingerprint density at radius 2 is 1.76 bits per heavy atom. The molecule has 188 valence electrons. The molecule has 2 fully saturated rings. The Kier molecular flexibility index (Phi) is 14.2. The van der Waals surface area contributed by atoms with Crippen LogP contribution in [0.15, 0.2) is 24.3 Å². The number of carboxylic acid groups (broad SMARTS) is 1. The summed E-state index contributed by atoms with van der Waals surface area (Å²) < 4.78 is 15.9. The number of carbonyl (C=O) groups excluding carboxylic acids is 1. The molecule has 8 nitrogen and oxygen atoms in total. The van der Waals surface area contributed by atoms with Gasteiger partial charge in [0.25, 0.3) is 0 Å². The van der Waals surface area contributed by atoms with Crippen molar-refractivity contribution in [3.05, 3.63) is 29.8 Å². The van der Waals surface area contributed by atoms with Crippen LogP contribution >= 0.6 is 0 Å². The van der Waals surface area contributed by atoms with Crippen molar-refractivity contribution in [1.82, 2.24) is 9.80 Å². The van der Waals surface area contributed by atoms with E-state index in [1.54, 1.807) is 0 Å². The van der Waals surface area contributed by atoms with E-state index < -0.39 is 6.09 Å². The summed E-state index contributed by atoms with van der Waals surface area (Å²) in [4.78, 5) is 26.0. The number of benzene rings is 1. The lowest BCUT2D eigenvalue weighted by Crippen LogP contribution is -2.40. The van der Waals surface area contributed by atoms with Crippen LogP contribution in [-0.2, 0) is 20.7 Å². The average molecular weight is 467 g/mol. The van der Waals surface area contributed by atoms with Gasteiger partial charge < -0.3 is 29.1 Å². The van der Waals surface area contributed by atoms with Gasteiger partial charge in [0, 0.05) is 19.0 Å². The highest BCUT2D eigenvalue weighted by Crippen LogP contribution is 2.21. The number of amides is 2. The van der Waals surface area contributed by atoms with Gasteiger partial charge in [-0.05, 0) is 37.5 Å². The van der Waals surface area contributed by atoms with Gasteiger partial charge >= 0.3 is 6.09 Å². The van der Waals surface area contributed by atoms with E-state index in [4.69, 9.17) is 19.3 Å². The lowest BCUT2D eigenvalue weighted by Gasteiger charge is -2.25. The first-order valence-corrected chi connectivity index (χ1v) is 12.1. The summed E-state index contributed by atoms with van der Waals surface area (Å²) in [6, 6.07) is 8.26. The Morgan fingerprint density at radius 3 is 2.27 bits per heavy atom. The number of hydrogen-bond acceptors (Lipinski definition) is 5. The van der Waals surface area contributed by atoms with E-state index in [2.05, 4.69) is 19.1 Å². The van der Waals surface area contributed by atoms with Crippen molar-refractivity contribution in [3.63, 3.8) is 0 Å². The predicted octanol–water partition coefficient (Wildman–Crippen LogP) is 4.27. The van der Waals surface area contributed by atoms with Gasteiger partial charge in [-0.25, -0.2) is 4.79 Å². The highest BCUT2D eigenvalue weighted by Gasteiger charge is 2.31. The summed E-state index contributed by atoms with van der Waals surface area (Å²) in [6.45, 7) is 13.9. The molecule has 0 bridgehead atoms. The standard InChI is InChI=1S/C18H27NO3.C5H9NO3.C2H6/c1-4-6-14(3)18(20)19-13-21-12-16(19)11-15-7-9-17(10-8-15)22-5-2;7-5(8)6-1-3-9-4-2-6;1-2/h7-10,14,16H,4-6,11-13H2,1-3H3;1-4H2,(H,7,8);1-2H3/t14-,16-;;/m0../s1. The Labute approximate surface area is 198 Å². The maximum Gasteiger partial charge on any atom is 0.407 e. The number of ether oxygens (including phenoxy) is 3. The number of nitrogens with zero attached hydrogens (tertiary/aromatic N) is 2. The van der Waals surface area contributed by atoms with Crippen molar-refractivity contribution in [2.75, 3.05) is 46.2 Å². The van der Waals surface area contributed by atoms with Gasteiger partial charge in [0.15, 0.2) is 0 Å². The zero-order valence-electron chi connectivity index (χ0n) is 20.9. The second-order valence-corrected chi connectivity index (χ2v) is 7.81. The Balaban J connectivity index is 0.000000412. The van der Waals surface area contributed by atoms with Crippen LogP contribution in [0, 0.1) is 5.92 Å². The zero-order chi connectivity index (χ0) is 24.6. The molecule has 0 spiro atoms. The number of rotatable bonds is 7. The second kappa shape index (κ2) is 16.3. The predicted molar refractivity (Wildman–Crippen MR) is 129 cm³/mol. The van der Waals surface area contributed by atoms with Crippen molar-refractivity contribution in [1.29, 1.82) is 0 Å². The number of hydrogen-bond donors (Lipinski definition) is 1. The molecule has 2 amide bonds. The molecule has 1 aromatic carbocycles. The van der Waals surface area contributed by atoms with Gasteiger partial charge in [-0.3, -0.25) is 4.79 Å². The molecule has 0 radical (unpaired) electrons. The van der Waals surface area contributed by atoms with Crippen LogP contribution in [0.25, 0.3) is 0 Å². The van der Waals surface area contributed by atoms with Gasteiger partial charge in [0.05, 0.1) is 32.5 Å². The number of carbonyl (C=O) groups is 2. The van der Waals surface area contributed by atoms with Crippen LogP contribution in [0.5, 0.6) is 5.75 Å². The molecule has 8 heteroatoms. The minimum Gasteiger partial charge on any atom is -0.494 e. The normalized spacial score (nSPS) is 18.4. The minimum atomic E-state index is -0.849. The molecule has 0 unspecified atom stereocenters. The second-order valence-electron chi connectivity index (χ2n) is 7.81. The molecule has 3 rings (SSSR count). The van der Waals surface area contributed by atoms with Gasteiger partial charge in [-0.2, -0.15) is 0 Å². The fourth-order valence-electron chi connectivity index (χ4n) is 3.65. The van der Waals surface area contributed by atoms with Crippen molar-refractivity contribution in [2.24, 2.45) is 5.92 Å². The molecule has 2 heterocycles. The molecule has 2 aliphatic rings. The van der Waals surface area contributed by atoms with Crippen LogP contribution in [-0.4, -0.2) is 79.2 Å². The van der Waals surface area contributed by atoms with E-state index >= 15 is 0 Å². The SMILES string of the molecule is CC.CCC[C@H](C)C(=O)N1COC[C@@H]1Cc1ccc(OCC)cc1.O=C(O)N1CCOCC1. The van der Waals surface area contributed by atoms with Gasteiger partial charge in [-0.15, -0.1) is 0 Å². The summed E-state index contributed by atoms with van der Waals surface area (Å²) in [7, 11) is 0. The van der Waals surface area contributed by atoms with Gasteiger partial charge in [0.2, 0.25) is 5.91 Å². The van der Waals surface area contributed by atoms with Gasteiger partial charge in [0.1, 0.15) is 12.5 Å². The monoisotopic (exact) mass is 466 g/mol. The maximum absolute atomic E-state index is 12.5. The molecule has 1 N–H and O–H groups in total. The fraction of sp³-hybridized carbons (Fsp3) is 0.680. The third-order valence-corrected chi connectivity index (χ3v) is 5.40. The summed E-state index contributed by atoms with van der Waals surface area (Å²) in [5, 5.41) is 8.41. The molecule has 2 atom stereocenters. The Hall–Kier alpha value is -2.32. The van der Waals surface area contributed by atoms with E-state index in [9.17, 15) is 9.59 Å². The lowest BCUT2D eigenvalue weighted by molar-refractivity contribution is -0.137. The van der Waals surface area contributed by atoms with Gasteiger partial charge in [-0.1, -0.05) is 46.2 Å². The maximum atomic E-state index is 12.5. The van der Waals surface area contributed by atoms with E-state index in [1.807, 2.05) is 44.7 Å². The summed E-state index contributed by atoms with van der Waals surface area (Å²) in [5.41, 5.74) is 1.21.